The number of phenols is 1. The molecule has 0 atom stereocenters. The van der Waals surface area contributed by atoms with Crippen molar-refractivity contribution in [1.29, 1.82) is 0 Å². The number of aldehydes is 1. The van der Waals surface area contributed by atoms with E-state index in [1.54, 1.807) is 0 Å². The fourth-order valence-electron chi connectivity index (χ4n) is 5.76. The highest BCUT2D eigenvalue weighted by molar-refractivity contribution is 6.32. The normalized spacial score (nSPS) is 16.6. The summed E-state index contributed by atoms with van der Waals surface area (Å²) in [6, 6.07) is 15.1. The summed E-state index contributed by atoms with van der Waals surface area (Å²) < 4.78 is 17.7. The molecule has 1 N–H and O–H groups in total. The predicted molar refractivity (Wildman–Crippen MR) is 153 cm³/mol. The first kappa shape index (κ1) is 27.5. The zero-order chi connectivity index (χ0) is 27.4. The van der Waals surface area contributed by atoms with Crippen molar-refractivity contribution in [3.8, 4) is 28.4 Å². The Hall–Kier alpha value is -3.06. The molecule has 0 unspecified atom stereocenters. The first-order valence-electron chi connectivity index (χ1n) is 13.6. The maximum atomic E-state index is 11.0. The average Bonchev–Trinajstić information content (AvgIpc) is 2.92. The third-order valence-electron chi connectivity index (χ3n) is 8.16. The molecule has 2 fully saturated rings. The third-order valence-corrected chi connectivity index (χ3v) is 8.45. The van der Waals surface area contributed by atoms with Crippen LogP contribution in [0.3, 0.4) is 0 Å². The number of aromatic hydroxyl groups is 1. The van der Waals surface area contributed by atoms with Crippen LogP contribution in [0.1, 0.15) is 46.3 Å². The molecule has 2 aliphatic heterocycles. The molecule has 0 aromatic heterocycles. The van der Waals surface area contributed by atoms with E-state index in [4.69, 9.17) is 25.8 Å². The van der Waals surface area contributed by atoms with E-state index in [2.05, 4.69) is 30.9 Å². The summed E-state index contributed by atoms with van der Waals surface area (Å²) in [7, 11) is 0. The Morgan fingerprint density at radius 1 is 1.00 bits per heavy atom. The molecule has 0 amide bonds. The second-order valence-electron chi connectivity index (χ2n) is 10.8. The number of ether oxygens (including phenoxy) is 3. The minimum atomic E-state index is -0.157. The topological polar surface area (TPSA) is 68.2 Å². The van der Waals surface area contributed by atoms with Gasteiger partial charge >= 0.3 is 0 Å². The Labute approximate surface area is 235 Å². The highest BCUT2D eigenvalue weighted by Gasteiger charge is 2.43. The van der Waals surface area contributed by atoms with E-state index < -0.39 is 0 Å². The van der Waals surface area contributed by atoms with E-state index >= 15 is 0 Å². The lowest BCUT2D eigenvalue weighted by atomic mass is 9.73. The number of likely N-dealkylation sites (tertiary alicyclic amines) is 1. The Morgan fingerprint density at radius 3 is 2.46 bits per heavy atom. The maximum absolute atomic E-state index is 11.0. The number of hydrogen-bond acceptors (Lipinski definition) is 6. The van der Waals surface area contributed by atoms with Crippen molar-refractivity contribution in [2.24, 2.45) is 5.41 Å². The second-order valence-corrected chi connectivity index (χ2v) is 11.2. The van der Waals surface area contributed by atoms with Crippen molar-refractivity contribution in [2.75, 3.05) is 39.5 Å². The summed E-state index contributed by atoms with van der Waals surface area (Å²) in [6.07, 6.45) is 3.97. The number of rotatable bonds is 10. The minimum Gasteiger partial charge on any atom is -0.507 e. The van der Waals surface area contributed by atoms with Gasteiger partial charge in [-0.3, -0.25) is 4.79 Å². The number of carbonyl (C=O) groups is 1. The van der Waals surface area contributed by atoms with Crippen molar-refractivity contribution in [2.45, 2.75) is 39.7 Å². The van der Waals surface area contributed by atoms with Crippen molar-refractivity contribution in [3.63, 3.8) is 0 Å². The Bertz CT molecular complexity index is 1330. The first-order chi connectivity index (χ1) is 18.9. The Balaban J connectivity index is 1.20. The zero-order valence-corrected chi connectivity index (χ0v) is 23.4. The standard InChI is InChI=1S/C32H36ClNO5/c1-22-24(19-39-31-17-29(36)25(18-35)16-28(31)33)6-3-7-26(22)27-8-4-9-30(23(27)2)38-13-5-12-34-20-32(21-34)10-14-37-15-11-32/h3-4,6-9,16-18,36H,5,10-15,19-21H2,1-2H3. The lowest BCUT2D eigenvalue weighted by molar-refractivity contribution is -0.0811. The van der Waals surface area contributed by atoms with E-state index in [-0.39, 0.29) is 22.9 Å². The molecular formula is C32H36ClNO5. The summed E-state index contributed by atoms with van der Waals surface area (Å²) in [6.45, 7) is 10.4. The van der Waals surface area contributed by atoms with Crippen LogP contribution in [0.4, 0.5) is 0 Å². The van der Waals surface area contributed by atoms with Gasteiger partial charge in [-0.15, -0.1) is 0 Å². The molecule has 2 aliphatic rings. The van der Waals surface area contributed by atoms with Crippen molar-refractivity contribution < 1.29 is 24.1 Å². The molecular weight excluding hydrogens is 514 g/mol. The van der Waals surface area contributed by atoms with E-state index in [9.17, 15) is 9.90 Å². The summed E-state index contributed by atoms with van der Waals surface area (Å²) in [4.78, 5) is 13.6. The fourth-order valence-corrected chi connectivity index (χ4v) is 5.99. The van der Waals surface area contributed by atoms with E-state index in [0.29, 0.717) is 24.1 Å². The number of nitrogens with zero attached hydrogens (tertiary/aromatic N) is 1. The molecule has 6 nitrogen and oxygen atoms in total. The van der Waals surface area contributed by atoms with Crippen molar-refractivity contribution in [3.05, 3.63) is 75.8 Å². The van der Waals surface area contributed by atoms with Gasteiger partial charge in [-0.25, -0.2) is 0 Å². The summed E-state index contributed by atoms with van der Waals surface area (Å²) in [5.74, 6) is 1.09. The van der Waals surface area contributed by atoms with Crippen LogP contribution in [0, 0.1) is 19.3 Å². The van der Waals surface area contributed by atoms with Gasteiger partial charge in [0.05, 0.1) is 17.2 Å². The van der Waals surface area contributed by atoms with Gasteiger partial charge in [0.1, 0.15) is 23.9 Å². The molecule has 2 heterocycles. The van der Waals surface area contributed by atoms with Crippen LogP contribution in [0.5, 0.6) is 17.2 Å². The highest BCUT2D eigenvalue weighted by atomic mass is 35.5. The first-order valence-corrected chi connectivity index (χ1v) is 14.0. The van der Waals surface area contributed by atoms with Crippen LogP contribution in [0.15, 0.2) is 48.5 Å². The van der Waals surface area contributed by atoms with Crippen molar-refractivity contribution in [1.82, 2.24) is 4.90 Å². The maximum Gasteiger partial charge on any atom is 0.153 e. The van der Waals surface area contributed by atoms with Gasteiger partial charge < -0.3 is 24.2 Å². The number of phenolic OH excluding ortho intramolecular Hbond substituents is 1. The van der Waals surface area contributed by atoms with Gasteiger partial charge in [-0.1, -0.05) is 41.9 Å². The second kappa shape index (κ2) is 12.0. The van der Waals surface area contributed by atoms with Crippen LogP contribution in [0.2, 0.25) is 5.02 Å². The quantitative estimate of drug-likeness (QED) is 0.227. The number of carbonyl (C=O) groups excluding carboxylic acids is 1. The van der Waals surface area contributed by atoms with Gasteiger partial charge in [0.2, 0.25) is 0 Å². The minimum absolute atomic E-state index is 0.132. The van der Waals surface area contributed by atoms with Gasteiger partial charge in [-0.05, 0) is 73.1 Å². The summed E-state index contributed by atoms with van der Waals surface area (Å²) in [5, 5.41) is 10.3. The average molecular weight is 550 g/mol. The molecule has 3 aromatic carbocycles. The Kier molecular flexibility index (Phi) is 8.46. The lowest BCUT2D eigenvalue weighted by Gasteiger charge is -2.52. The highest BCUT2D eigenvalue weighted by Crippen LogP contribution is 2.40. The van der Waals surface area contributed by atoms with Gasteiger partial charge in [-0.2, -0.15) is 0 Å². The van der Waals surface area contributed by atoms with Crippen LogP contribution in [0.25, 0.3) is 11.1 Å². The van der Waals surface area contributed by atoms with E-state index in [0.717, 1.165) is 59.7 Å². The number of hydrogen-bond donors (Lipinski definition) is 1. The molecule has 2 saturated heterocycles. The smallest absolute Gasteiger partial charge is 0.153 e. The molecule has 39 heavy (non-hydrogen) atoms. The molecule has 1 spiro atoms. The van der Waals surface area contributed by atoms with E-state index in [1.165, 1.54) is 38.1 Å². The third kappa shape index (κ3) is 6.08. The fraction of sp³-hybridized carbons (Fsp3) is 0.406. The zero-order valence-electron chi connectivity index (χ0n) is 22.7. The monoisotopic (exact) mass is 549 g/mol. The van der Waals surface area contributed by atoms with Crippen LogP contribution in [-0.4, -0.2) is 55.7 Å². The van der Waals surface area contributed by atoms with Crippen LogP contribution < -0.4 is 9.47 Å². The lowest BCUT2D eigenvalue weighted by Crippen LogP contribution is -2.58. The van der Waals surface area contributed by atoms with Gasteiger partial charge in [0.15, 0.2) is 6.29 Å². The largest absolute Gasteiger partial charge is 0.507 e. The molecule has 206 valence electrons. The Morgan fingerprint density at radius 2 is 1.72 bits per heavy atom. The number of halogens is 1. The molecule has 0 radical (unpaired) electrons. The predicted octanol–water partition coefficient (Wildman–Crippen LogP) is 6.60. The summed E-state index contributed by atoms with van der Waals surface area (Å²) in [5.41, 5.74) is 6.10. The molecule has 0 saturated carbocycles. The van der Waals surface area contributed by atoms with E-state index in [1.807, 2.05) is 24.3 Å². The van der Waals surface area contributed by atoms with Crippen LogP contribution >= 0.6 is 11.6 Å². The molecule has 0 bridgehead atoms. The molecule has 0 aliphatic carbocycles. The van der Waals surface area contributed by atoms with Gasteiger partial charge in [0, 0.05) is 44.3 Å². The molecule has 7 heteroatoms. The van der Waals surface area contributed by atoms with Crippen LogP contribution in [-0.2, 0) is 11.3 Å². The molecule has 5 rings (SSSR count). The van der Waals surface area contributed by atoms with Crippen molar-refractivity contribution >= 4 is 17.9 Å². The molecule has 3 aromatic rings. The number of benzene rings is 3. The SMILES string of the molecule is Cc1c(COc2cc(O)c(C=O)cc2Cl)cccc1-c1cccc(OCCCN2CC3(CCOCC3)C2)c1C. The summed E-state index contributed by atoms with van der Waals surface area (Å²) >= 11 is 6.25. The van der Waals surface area contributed by atoms with Gasteiger partial charge in [0.25, 0.3) is 0 Å².